The van der Waals surface area contributed by atoms with E-state index in [4.69, 9.17) is 9.15 Å². The SMILES string of the molecule is CCCOc1cccc(C(O)=C2C(=O)C(=O)N(CCc3ccccc3)C2c2ccco2)c1. The number of hydrogen-bond donors (Lipinski definition) is 1. The number of aliphatic hydroxyl groups is 1. The quantitative estimate of drug-likeness (QED) is 0.317. The van der Waals surface area contributed by atoms with Gasteiger partial charge in [0.15, 0.2) is 0 Å². The van der Waals surface area contributed by atoms with Crippen molar-refractivity contribution in [3.63, 3.8) is 0 Å². The first-order chi connectivity index (χ1) is 15.6. The maximum Gasteiger partial charge on any atom is 0.295 e. The number of aliphatic hydroxyl groups excluding tert-OH is 1. The summed E-state index contributed by atoms with van der Waals surface area (Å²) in [5.41, 5.74) is 1.48. The Morgan fingerprint density at radius 1 is 1.06 bits per heavy atom. The van der Waals surface area contributed by atoms with Gasteiger partial charge >= 0.3 is 0 Å². The van der Waals surface area contributed by atoms with Crippen LogP contribution in [0, 0.1) is 0 Å². The number of Topliss-reactive ketones (excluding diaryl/α,β-unsaturated/α-hetero) is 1. The summed E-state index contributed by atoms with van der Waals surface area (Å²) in [6.45, 7) is 2.86. The predicted octanol–water partition coefficient (Wildman–Crippen LogP) is 4.73. The fraction of sp³-hybridized carbons (Fsp3) is 0.231. The molecule has 4 rings (SSSR count). The van der Waals surface area contributed by atoms with Gasteiger partial charge in [-0.25, -0.2) is 0 Å². The summed E-state index contributed by atoms with van der Waals surface area (Å²) in [6, 6.07) is 19.2. The molecule has 1 atom stereocenters. The number of nitrogens with zero attached hydrogens (tertiary/aromatic N) is 1. The first-order valence-corrected chi connectivity index (χ1v) is 10.7. The molecule has 1 amide bonds. The highest BCUT2D eigenvalue weighted by atomic mass is 16.5. The Bertz CT molecular complexity index is 1120. The normalized spacial score (nSPS) is 17.7. The maximum atomic E-state index is 13.0. The molecular formula is C26H25NO5. The standard InChI is InChI=1S/C26H25NO5/c1-2-15-31-20-11-6-10-19(17-20)24(28)22-23(21-12-7-16-32-21)27(26(30)25(22)29)14-13-18-8-4-3-5-9-18/h3-12,16-17,23,28H,2,13-15H2,1H3. The lowest BCUT2D eigenvalue weighted by atomic mass is 9.99. The number of benzene rings is 2. The fourth-order valence-corrected chi connectivity index (χ4v) is 3.86. The molecule has 1 aliphatic rings. The molecule has 32 heavy (non-hydrogen) atoms. The van der Waals surface area contributed by atoms with E-state index >= 15 is 0 Å². The zero-order valence-corrected chi connectivity index (χ0v) is 17.9. The molecule has 3 aromatic rings. The molecule has 1 saturated heterocycles. The van der Waals surface area contributed by atoms with Crippen LogP contribution >= 0.6 is 0 Å². The lowest BCUT2D eigenvalue weighted by molar-refractivity contribution is -0.140. The molecule has 1 N–H and O–H groups in total. The van der Waals surface area contributed by atoms with E-state index in [-0.39, 0.29) is 11.3 Å². The van der Waals surface area contributed by atoms with Crippen LogP contribution in [0.4, 0.5) is 0 Å². The molecule has 2 heterocycles. The van der Waals surface area contributed by atoms with Crippen LogP contribution in [0.2, 0.25) is 0 Å². The van der Waals surface area contributed by atoms with Crippen molar-refractivity contribution >= 4 is 17.4 Å². The Labute approximate surface area is 186 Å². The number of carbonyl (C=O) groups excluding carboxylic acids is 2. The number of amides is 1. The highest BCUT2D eigenvalue weighted by Crippen LogP contribution is 2.40. The van der Waals surface area contributed by atoms with E-state index in [9.17, 15) is 14.7 Å². The number of ether oxygens (including phenoxy) is 1. The van der Waals surface area contributed by atoms with E-state index in [1.165, 1.54) is 11.2 Å². The van der Waals surface area contributed by atoms with Gasteiger partial charge < -0.3 is 19.2 Å². The zero-order chi connectivity index (χ0) is 22.5. The molecule has 0 spiro atoms. The van der Waals surface area contributed by atoms with E-state index in [0.717, 1.165) is 12.0 Å². The molecule has 2 aromatic carbocycles. The van der Waals surface area contributed by atoms with Crippen molar-refractivity contribution in [2.45, 2.75) is 25.8 Å². The minimum absolute atomic E-state index is 0.0191. The largest absolute Gasteiger partial charge is 0.507 e. The number of likely N-dealkylation sites (tertiary alicyclic amines) is 1. The summed E-state index contributed by atoms with van der Waals surface area (Å²) >= 11 is 0. The Hall–Kier alpha value is -3.80. The Morgan fingerprint density at radius 3 is 2.59 bits per heavy atom. The van der Waals surface area contributed by atoms with Crippen molar-refractivity contribution in [3.8, 4) is 5.75 Å². The van der Waals surface area contributed by atoms with Crippen LogP contribution in [0.3, 0.4) is 0 Å². The van der Waals surface area contributed by atoms with Crippen molar-refractivity contribution in [1.29, 1.82) is 0 Å². The summed E-state index contributed by atoms with van der Waals surface area (Å²) in [5, 5.41) is 11.1. The lowest BCUT2D eigenvalue weighted by Gasteiger charge is -2.23. The fourth-order valence-electron chi connectivity index (χ4n) is 3.86. The minimum atomic E-state index is -0.797. The average Bonchev–Trinajstić information content (AvgIpc) is 3.44. The van der Waals surface area contributed by atoms with Crippen LogP contribution in [0.15, 0.2) is 83.0 Å². The highest BCUT2D eigenvalue weighted by Gasteiger charge is 2.47. The minimum Gasteiger partial charge on any atom is -0.507 e. The zero-order valence-electron chi connectivity index (χ0n) is 17.9. The van der Waals surface area contributed by atoms with Crippen LogP contribution in [0.25, 0.3) is 5.76 Å². The Kier molecular flexibility index (Phi) is 6.40. The van der Waals surface area contributed by atoms with Gasteiger partial charge in [0, 0.05) is 12.1 Å². The molecule has 0 radical (unpaired) electrons. The highest BCUT2D eigenvalue weighted by molar-refractivity contribution is 6.46. The smallest absolute Gasteiger partial charge is 0.295 e. The third-order valence-corrected chi connectivity index (χ3v) is 5.42. The number of ketones is 1. The van der Waals surface area contributed by atoms with Crippen LogP contribution in [-0.4, -0.2) is 34.8 Å². The van der Waals surface area contributed by atoms with Crippen LogP contribution < -0.4 is 4.74 Å². The van der Waals surface area contributed by atoms with Gasteiger partial charge in [-0.05, 0) is 42.7 Å². The van der Waals surface area contributed by atoms with E-state index in [1.807, 2.05) is 37.3 Å². The predicted molar refractivity (Wildman–Crippen MR) is 120 cm³/mol. The van der Waals surface area contributed by atoms with Crippen LogP contribution in [0.5, 0.6) is 5.75 Å². The average molecular weight is 431 g/mol. The summed E-state index contributed by atoms with van der Waals surface area (Å²) < 4.78 is 11.2. The third-order valence-electron chi connectivity index (χ3n) is 5.42. The second-order valence-corrected chi connectivity index (χ2v) is 7.62. The molecule has 1 fully saturated rings. The van der Waals surface area contributed by atoms with E-state index in [0.29, 0.717) is 36.6 Å². The molecule has 0 saturated carbocycles. The number of carbonyl (C=O) groups is 2. The van der Waals surface area contributed by atoms with Crippen molar-refractivity contribution < 1.29 is 23.8 Å². The molecule has 164 valence electrons. The molecule has 1 aliphatic heterocycles. The van der Waals surface area contributed by atoms with Gasteiger partial charge in [0.05, 0.1) is 18.4 Å². The second-order valence-electron chi connectivity index (χ2n) is 7.62. The van der Waals surface area contributed by atoms with Gasteiger partial charge in [0.2, 0.25) is 0 Å². The van der Waals surface area contributed by atoms with Gasteiger partial charge in [0.25, 0.3) is 11.7 Å². The summed E-state index contributed by atoms with van der Waals surface area (Å²) in [7, 11) is 0. The molecule has 0 bridgehead atoms. The maximum absolute atomic E-state index is 13.0. The van der Waals surface area contributed by atoms with Gasteiger partial charge in [-0.1, -0.05) is 49.4 Å². The second kappa shape index (κ2) is 9.56. The summed E-state index contributed by atoms with van der Waals surface area (Å²) in [5.74, 6) is -0.603. The van der Waals surface area contributed by atoms with Gasteiger partial charge in [-0.3, -0.25) is 9.59 Å². The molecule has 6 heteroatoms. The lowest BCUT2D eigenvalue weighted by Crippen LogP contribution is -2.31. The number of furan rings is 1. The van der Waals surface area contributed by atoms with E-state index in [1.54, 1.807) is 36.4 Å². The van der Waals surface area contributed by atoms with Crippen LogP contribution in [-0.2, 0) is 16.0 Å². The summed E-state index contributed by atoms with van der Waals surface area (Å²) in [6.07, 6.45) is 2.92. The van der Waals surface area contributed by atoms with E-state index < -0.39 is 17.7 Å². The van der Waals surface area contributed by atoms with E-state index in [2.05, 4.69) is 0 Å². The summed E-state index contributed by atoms with van der Waals surface area (Å²) in [4.78, 5) is 27.4. The van der Waals surface area contributed by atoms with Crippen molar-refractivity contribution in [2.75, 3.05) is 13.2 Å². The molecular weight excluding hydrogens is 406 g/mol. The molecule has 6 nitrogen and oxygen atoms in total. The third kappa shape index (κ3) is 4.30. The topological polar surface area (TPSA) is 80.0 Å². The first kappa shape index (κ1) is 21.4. The monoisotopic (exact) mass is 431 g/mol. The number of rotatable bonds is 8. The van der Waals surface area contributed by atoms with Crippen molar-refractivity contribution in [2.24, 2.45) is 0 Å². The van der Waals surface area contributed by atoms with Gasteiger partial charge in [-0.2, -0.15) is 0 Å². The number of hydrogen-bond acceptors (Lipinski definition) is 5. The Balaban J connectivity index is 1.71. The van der Waals surface area contributed by atoms with Gasteiger partial charge in [0.1, 0.15) is 23.3 Å². The molecule has 0 aliphatic carbocycles. The molecule has 1 aromatic heterocycles. The Morgan fingerprint density at radius 2 is 1.88 bits per heavy atom. The van der Waals surface area contributed by atoms with Gasteiger partial charge in [-0.15, -0.1) is 0 Å². The molecule has 1 unspecified atom stereocenters. The first-order valence-electron chi connectivity index (χ1n) is 10.7. The van der Waals surface area contributed by atoms with Crippen molar-refractivity contribution in [1.82, 2.24) is 4.90 Å². The van der Waals surface area contributed by atoms with Crippen molar-refractivity contribution in [3.05, 3.63) is 95.5 Å². The van der Waals surface area contributed by atoms with Crippen LogP contribution in [0.1, 0.15) is 36.3 Å².